The molecule has 0 heterocycles. The van der Waals surface area contributed by atoms with Gasteiger partial charge in [0.15, 0.2) is 0 Å². The van der Waals surface area contributed by atoms with Crippen molar-refractivity contribution in [3.05, 3.63) is 29.3 Å². The van der Waals surface area contributed by atoms with E-state index in [0.29, 0.717) is 11.2 Å². The number of unbranched alkanes of at least 4 members (excludes halogenated alkanes) is 1. The van der Waals surface area contributed by atoms with Crippen LogP contribution in [0, 0.1) is 12.3 Å². The Morgan fingerprint density at radius 1 is 1.08 bits per heavy atom. The van der Waals surface area contributed by atoms with E-state index < -0.39 is 0 Å². The van der Waals surface area contributed by atoms with E-state index in [1.165, 1.54) is 37.7 Å². The Morgan fingerprint density at radius 3 is 2.04 bits per heavy atom. The predicted molar refractivity (Wildman–Crippen MR) is 108 cm³/mol. The van der Waals surface area contributed by atoms with Gasteiger partial charge >= 0.3 is 8.46 Å². The van der Waals surface area contributed by atoms with Gasteiger partial charge in [0.05, 0.1) is 0 Å². The van der Waals surface area contributed by atoms with Gasteiger partial charge in [-0.1, -0.05) is 76.6 Å². The SMILES string of the molecule is CCCCC(CC)(CC)C[PH+]=O.Cc1ccc(O)c(C(C)(C)C)c1. The molecule has 1 unspecified atom stereocenters. The summed E-state index contributed by atoms with van der Waals surface area (Å²) >= 11 is 0. The molecule has 0 amide bonds. The van der Waals surface area contributed by atoms with Gasteiger partial charge in [0.25, 0.3) is 0 Å². The Balaban J connectivity index is 0.000000441. The van der Waals surface area contributed by atoms with Crippen LogP contribution in [0.5, 0.6) is 5.75 Å². The van der Waals surface area contributed by atoms with E-state index in [1.54, 1.807) is 6.07 Å². The van der Waals surface area contributed by atoms with E-state index in [2.05, 4.69) is 41.5 Å². The Morgan fingerprint density at radius 2 is 1.67 bits per heavy atom. The van der Waals surface area contributed by atoms with Crippen molar-refractivity contribution < 1.29 is 9.67 Å². The lowest BCUT2D eigenvalue weighted by atomic mass is 9.80. The van der Waals surface area contributed by atoms with Crippen molar-refractivity contribution in [2.75, 3.05) is 6.16 Å². The lowest BCUT2D eigenvalue weighted by Gasteiger charge is -2.26. The van der Waals surface area contributed by atoms with Gasteiger partial charge in [-0.05, 0) is 43.2 Å². The molecular weight excluding hydrogens is 315 g/mol. The first-order chi connectivity index (χ1) is 11.2. The van der Waals surface area contributed by atoms with Crippen LogP contribution in [0.25, 0.3) is 0 Å². The van der Waals surface area contributed by atoms with E-state index in [-0.39, 0.29) is 13.9 Å². The number of phenols is 1. The summed E-state index contributed by atoms with van der Waals surface area (Å²) in [6.45, 7) is 15.0. The molecule has 2 nitrogen and oxygen atoms in total. The number of hydrogen-bond donors (Lipinski definition) is 1. The highest BCUT2D eigenvalue weighted by Gasteiger charge is 2.28. The van der Waals surface area contributed by atoms with Gasteiger partial charge in [-0.25, -0.2) is 0 Å². The monoisotopic (exact) mass is 353 g/mol. The van der Waals surface area contributed by atoms with Crippen LogP contribution >= 0.6 is 8.46 Å². The third kappa shape index (κ3) is 7.79. The molecule has 0 fully saturated rings. The molecule has 0 aliphatic rings. The summed E-state index contributed by atoms with van der Waals surface area (Å²) in [4.78, 5) is 0. The second-order valence-electron chi connectivity index (χ2n) is 7.90. The van der Waals surface area contributed by atoms with E-state index in [4.69, 9.17) is 0 Å². The first kappa shape index (κ1) is 23.1. The Labute approximate surface area is 151 Å². The maximum absolute atomic E-state index is 10.7. The van der Waals surface area contributed by atoms with Crippen molar-refractivity contribution in [2.24, 2.45) is 5.41 Å². The first-order valence-electron chi connectivity index (χ1n) is 9.30. The van der Waals surface area contributed by atoms with Gasteiger partial charge in [0, 0.05) is 5.41 Å². The number of benzene rings is 1. The molecule has 1 aromatic rings. The molecule has 3 heteroatoms. The van der Waals surface area contributed by atoms with Crippen LogP contribution in [0.3, 0.4) is 0 Å². The zero-order chi connectivity index (χ0) is 18.8. The summed E-state index contributed by atoms with van der Waals surface area (Å²) in [5.41, 5.74) is 2.62. The van der Waals surface area contributed by atoms with Gasteiger partial charge in [-0.2, -0.15) is 0 Å². The maximum Gasteiger partial charge on any atom is 0.325 e. The lowest BCUT2D eigenvalue weighted by Crippen LogP contribution is -2.20. The quantitative estimate of drug-likeness (QED) is 0.535. The van der Waals surface area contributed by atoms with E-state index in [9.17, 15) is 9.67 Å². The van der Waals surface area contributed by atoms with Crippen LogP contribution < -0.4 is 0 Å². The van der Waals surface area contributed by atoms with Gasteiger partial charge in [-0.15, -0.1) is 0 Å². The Kier molecular flexibility index (Phi) is 10.5. The molecular formula is C21H38O2P+. The summed E-state index contributed by atoms with van der Waals surface area (Å²) in [5.74, 6) is 0.396. The van der Waals surface area contributed by atoms with Crippen LogP contribution in [-0.4, -0.2) is 11.3 Å². The van der Waals surface area contributed by atoms with E-state index >= 15 is 0 Å². The highest BCUT2D eigenvalue weighted by molar-refractivity contribution is 7.23. The normalized spacial score (nSPS) is 12.0. The van der Waals surface area contributed by atoms with Crippen molar-refractivity contribution in [3.8, 4) is 5.75 Å². The fourth-order valence-electron chi connectivity index (χ4n) is 2.90. The van der Waals surface area contributed by atoms with Crippen LogP contribution in [0.2, 0.25) is 0 Å². The van der Waals surface area contributed by atoms with Crippen LogP contribution in [0.1, 0.15) is 84.8 Å². The van der Waals surface area contributed by atoms with Gasteiger partial charge < -0.3 is 5.11 Å². The molecule has 0 bridgehead atoms. The number of hydrogen-bond acceptors (Lipinski definition) is 2. The maximum atomic E-state index is 10.7. The number of phenolic OH excluding ortho intramolecular Hbond substituents is 1. The minimum Gasteiger partial charge on any atom is -0.508 e. The molecule has 1 rings (SSSR count). The summed E-state index contributed by atoms with van der Waals surface area (Å²) in [6.07, 6.45) is 7.05. The number of aromatic hydroxyl groups is 1. The second-order valence-corrected chi connectivity index (χ2v) is 8.54. The Bertz CT molecular complexity index is 485. The van der Waals surface area contributed by atoms with Crippen LogP contribution in [0.4, 0.5) is 0 Å². The number of rotatable bonds is 7. The highest BCUT2D eigenvalue weighted by atomic mass is 31.1. The van der Waals surface area contributed by atoms with Gasteiger partial charge in [-0.3, -0.25) is 0 Å². The molecule has 0 aromatic heterocycles. The zero-order valence-electron chi connectivity index (χ0n) is 16.8. The van der Waals surface area contributed by atoms with Crippen LogP contribution in [-0.2, 0) is 9.98 Å². The molecule has 1 aromatic carbocycles. The molecule has 138 valence electrons. The van der Waals surface area contributed by atoms with Crippen molar-refractivity contribution in [3.63, 3.8) is 0 Å². The summed E-state index contributed by atoms with van der Waals surface area (Å²) in [5, 5.41) is 9.57. The minimum absolute atomic E-state index is 0.0239. The van der Waals surface area contributed by atoms with Crippen molar-refractivity contribution in [1.82, 2.24) is 0 Å². The predicted octanol–water partition coefficient (Wildman–Crippen LogP) is 7.01. The molecule has 0 saturated carbocycles. The average Bonchev–Trinajstić information content (AvgIpc) is 2.53. The molecule has 24 heavy (non-hydrogen) atoms. The third-order valence-corrected chi connectivity index (χ3v) is 5.86. The standard InChI is InChI=1S/C11H16O.C10H21OP/c1-8-5-6-10(12)9(7-8)11(2,3)4;1-4-7-8-10(5-2,6-3)9-12-11/h5-7,12H,1-4H3;4-9H2,1-3H3/p+1. The largest absolute Gasteiger partial charge is 0.508 e. The molecule has 0 saturated heterocycles. The highest BCUT2D eigenvalue weighted by Crippen LogP contribution is 2.35. The lowest BCUT2D eigenvalue weighted by molar-refractivity contribution is 0.270. The zero-order valence-corrected chi connectivity index (χ0v) is 17.8. The molecule has 1 atom stereocenters. The van der Waals surface area contributed by atoms with E-state index in [1.807, 2.05) is 19.1 Å². The fourth-order valence-corrected chi connectivity index (χ4v) is 3.88. The molecule has 0 spiro atoms. The van der Waals surface area contributed by atoms with Crippen LogP contribution in [0.15, 0.2) is 18.2 Å². The first-order valence-corrected chi connectivity index (χ1v) is 10.4. The molecule has 0 aliphatic carbocycles. The van der Waals surface area contributed by atoms with Crippen molar-refractivity contribution >= 4 is 8.46 Å². The van der Waals surface area contributed by atoms with E-state index in [0.717, 1.165) is 11.7 Å². The second kappa shape index (κ2) is 10.9. The third-order valence-electron chi connectivity index (χ3n) is 4.97. The van der Waals surface area contributed by atoms with Gasteiger partial charge in [0.2, 0.25) is 0 Å². The smallest absolute Gasteiger partial charge is 0.325 e. The molecule has 1 N–H and O–H groups in total. The van der Waals surface area contributed by atoms with Gasteiger partial charge in [0.1, 0.15) is 11.9 Å². The Hall–Kier alpha value is -0.880. The fraction of sp³-hybridized carbons (Fsp3) is 0.714. The summed E-state index contributed by atoms with van der Waals surface area (Å²) < 4.78 is 10.7. The average molecular weight is 354 g/mol. The van der Waals surface area contributed by atoms with Crippen molar-refractivity contribution in [2.45, 2.75) is 86.0 Å². The van der Waals surface area contributed by atoms with Crippen molar-refractivity contribution in [1.29, 1.82) is 0 Å². The minimum atomic E-state index is -0.116. The molecule has 0 radical (unpaired) electrons. The topological polar surface area (TPSA) is 37.3 Å². The summed E-state index contributed by atoms with van der Waals surface area (Å²) in [7, 11) is -0.116. The molecule has 0 aliphatic heterocycles. The number of aryl methyl sites for hydroxylation is 1. The summed E-state index contributed by atoms with van der Waals surface area (Å²) in [6, 6.07) is 5.72.